The van der Waals surface area contributed by atoms with Gasteiger partial charge in [-0.1, -0.05) is 6.07 Å². The minimum absolute atomic E-state index is 0.00920. The first-order valence-electron chi connectivity index (χ1n) is 9.94. The van der Waals surface area contributed by atoms with Gasteiger partial charge in [-0.2, -0.15) is 13.2 Å². The predicted molar refractivity (Wildman–Crippen MR) is 103 cm³/mol. The van der Waals surface area contributed by atoms with Gasteiger partial charge in [0.15, 0.2) is 9.84 Å². The van der Waals surface area contributed by atoms with Gasteiger partial charge in [-0.3, -0.25) is 9.74 Å². The fourth-order valence-corrected chi connectivity index (χ4v) is 4.78. The fraction of sp³-hybridized carbons (Fsp3) is 0.579. The van der Waals surface area contributed by atoms with E-state index in [1.807, 2.05) is 0 Å². The van der Waals surface area contributed by atoms with Crippen molar-refractivity contribution in [3.05, 3.63) is 29.6 Å². The maximum atomic E-state index is 14.6. The van der Waals surface area contributed by atoms with Gasteiger partial charge in [-0.25, -0.2) is 22.4 Å². The van der Waals surface area contributed by atoms with E-state index >= 15 is 0 Å². The van der Waals surface area contributed by atoms with Gasteiger partial charge in [0.1, 0.15) is 18.4 Å². The fourth-order valence-electron chi connectivity index (χ4n) is 4.15. The maximum Gasteiger partial charge on any atom is 0.497 e. The number of rotatable bonds is 5. The van der Waals surface area contributed by atoms with Gasteiger partial charge in [0, 0.05) is 37.8 Å². The normalized spacial score (nSPS) is 25.2. The number of carbonyl (C=O) groups excluding carboxylic acids is 2. The van der Waals surface area contributed by atoms with Crippen LogP contribution in [-0.4, -0.2) is 74.1 Å². The molecule has 0 aliphatic carbocycles. The summed E-state index contributed by atoms with van der Waals surface area (Å²) in [5.74, 6) is -3.32. The Kier molecular flexibility index (Phi) is 6.55. The quantitative estimate of drug-likeness (QED) is 0.511. The lowest BCUT2D eigenvalue weighted by molar-refractivity contribution is -1.04. The number of sulfone groups is 1. The van der Waals surface area contributed by atoms with Crippen LogP contribution in [0.1, 0.15) is 25.3 Å². The molecule has 2 fully saturated rings. The summed E-state index contributed by atoms with van der Waals surface area (Å²) in [4.78, 5) is 30.8. The Morgan fingerprint density at radius 3 is 2.44 bits per heavy atom. The standard InChI is InChI=1S/C19H24F4N3O5S/c1-12-11-26(14-5-7-24-8-6-14,31-17(27)19(21,22)23)18(28)25(12)10-13-3-4-15(9-16(13)20)32(2,29)30/h3-4,9,12,14,24H,5-8,10-11H2,1-2H3/q+1. The lowest BCUT2D eigenvalue weighted by atomic mass is 10.0. The first kappa shape index (κ1) is 24.4. The van der Waals surface area contributed by atoms with Crippen molar-refractivity contribution in [3.8, 4) is 0 Å². The van der Waals surface area contributed by atoms with Crippen LogP contribution in [0.25, 0.3) is 0 Å². The van der Waals surface area contributed by atoms with Gasteiger partial charge < -0.3 is 5.32 Å². The summed E-state index contributed by atoms with van der Waals surface area (Å²) in [6.07, 6.45) is -3.72. The molecule has 8 nitrogen and oxygen atoms in total. The SMILES string of the molecule is CC1C[N+](OC(=O)C(F)(F)F)(C2CCNCC2)C(=O)N1Cc1ccc(S(C)(=O)=O)cc1F. The van der Waals surface area contributed by atoms with Crippen LogP contribution >= 0.6 is 0 Å². The van der Waals surface area contributed by atoms with E-state index < -0.39 is 50.6 Å². The van der Waals surface area contributed by atoms with Crippen LogP contribution in [0.5, 0.6) is 0 Å². The van der Waals surface area contributed by atoms with E-state index in [1.165, 1.54) is 12.1 Å². The number of alkyl halides is 3. The third kappa shape index (κ3) is 4.74. The molecule has 0 aromatic heterocycles. The van der Waals surface area contributed by atoms with Crippen molar-refractivity contribution in [2.45, 2.75) is 49.5 Å². The Hall–Kier alpha value is -2.25. The molecule has 0 spiro atoms. The third-order valence-electron chi connectivity index (χ3n) is 5.81. The molecule has 0 bridgehead atoms. The van der Waals surface area contributed by atoms with E-state index in [0.717, 1.165) is 17.2 Å². The van der Waals surface area contributed by atoms with Gasteiger partial charge in [0.2, 0.25) is 0 Å². The zero-order valence-electron chi connectivity index (χ0n) is 17.5. The van der Waals surface area contributed by atoms with Crippen molar-refractivity contribution in [2.75, 3.05) is 25.9 Å². The number of amides is 2. The number of benzene rings is 1. The highest BCUT2D eigenvalue weighted by Gasteiger charge is 2.62. The van der Waals surface area contributed by atoms with Crippen LogP contribution < -0.4 is 5.32 Å². The van der Waals surface area contributed by atoms with Crippen molar-refractivity contribution in [2.24, 2.45) is 0 Å². The molecule has 3 rings (SSSR count). The molecule has 2 heterocycles. The number of halogens is 4. The number of nitrogens with one attached hydrogen (secondary N) is 1. The average Bonchev–Trinajstić information content (AvgIpc) is 2.93. The first-order chi connectivity index (χ1) is 14.8. The molecule has 1 aromatic carbocycles. The van der Waals surface area contributed by atoms with Crippen LogP contribution in [0.2, 0.25) is 0 Å². The second-order valence-corrected chi connectivity index (χ2v) is 10.1. The van der Waals surface area contributed by atoms with Crippen molar-refractivity contribution in [1.29, 1.82) is 0 Å². The smallest absolute Gasteiger partial charge is 0.316 e. The number of hydroxylamine groups is 3. The predicted octanol–water partition coefficient (Wildman–Crippen LogP) is 2.14. The van der Waals surface area contributed by atoms with E-state index in [9.17, 15) is 35.6 Å². The highest BCUT2D eigenvalue weighted by Crippen LogP contribution is 2.35. The number of piperidine rings is 1. The molecule has 2 aliphatic rings. The second-order valence-electron chi connectivity index (χ2n) is 8.12. The number of nitrogens with zero attached hydrogens (tertiary/aromatic N) is 2. The Labute approximate surface area is 182 Å². The molecule has 2 atom stereocenters. The summed E-state index contributed by atoms with van der Waals surface area (Å²) in [7, 11) is -3.65. The molecule has 2 saturated heterocycles. The molecule has 0 radical (unpaired) electrons. The summed E-state index contributed by atoms with van der Waals surface area (Å²) >= 11 is 0. The molecule has 1 aromatic rings. The maximum absolute atomic E-state index is 14.6. The molecule has 32 heavy (non-hydrogen) atoms. The molecular formula is C19H24F4N3O5S+. The summed E-state index contributed by atoms with van der Waals surface area (Å²) < 4.78 is 75.6. The van der Waals surface area contributed by atoms with E-state index in [2.05, 4.69) is 5.32 Å². The molecule has 2 amide bonds. The van der Waals surface area contributed by atoms with E-state index in [0.29, 0.717) is 25.9 Å². The Morgan fingerprint density at radius 2 is 1.91 bits per heavy atom. The first-order valence-corrected chi connectivity index (χ1v) is 11.8. The summed E-state index contributed by atoms with van der Waals surface area (Å²) in [6, 6.07) is 1.03. The minimum Gasteiger partial charge on any atom is -0.316 e. The number of carbonyl (C=O) groups is 2. The second kappa shape index (κ2) is 8.60. The zero-order chi connectivity index (χ0) is 23.9. The monoisotopic (exact) mass is 482 g/mol. The Balaban J connectivity index is 1.92. The van der Waals surface area contributed by atoms with Crippen molar-refractivity contribution >= 4 is 21.8 Å². The zero-order valence-corrected chi connectivity index (χ0v) is 18.3. The van der Waals surface area contributed by atoms with Crippen LogP contribution in [0.4, 0.5) is 22.4 Å². The molecule has 0 saturated carbocycles. The van der Waals surface area contributed by atoms with E-state index in [1.54, 1.807) is 6.92 Å². The Morgan fingerprint density at radius 1 is 1.28 bits per heavy atom. The van der Waals surface area contributed by atoms with Gasteiger partial charge in [0.25, 0.3) is 0 Å². The minimum atomic E-state index is -5.28. The molecule has 13 heteroatoms. The summed E-state index contributed by atoms with van der Waals surface area (Å²) in [5.41, 5.74) is -0.00920. The molecule has 178 valence electrons. The number of hydrogen-bond donors (Lipinski definition) is 1. The van der Waals surface area contributed by atoms with Crippen LogP contribution in [0.15, 0.2) is 23.1 Å². The van der Waals surface area contributed by atoms with Gasteiger partial charge >= 0.3 is 18.2 Å². The van der Waals surface area contributed by atoms with Crippen molar-refractivity contribution in [1.82, 2.24) is 10.2 Å². The lowest BCUT2D eigenvalue weighted by Crippen LogP contribution is -2.62. The van der Waals surface area contributed by atoms with E-state index in [4.69, 9.17) is 4.84 Å². The van der Waals surface area contributed by atoms with Gasteiger partial charge in [-0.05, 0) is 23.7 Å². The molecular weight excluding hydrogens is 458 g/mol. The lowest BCUT2D eigenvalue weighted by Gasteiger charge is -2.36. The number of quaternary nitrogens is 1. The summed E-state index contributed by atoms with van der Waals surface area (Å²) in [6.45, 7) is 1.93. The van der Waals surface area contributed by atoms with Crippen molar-refractivity contribution < 1.29 is 45.1 Å². The van der Waals surface area contributed by atoms with Crippen LogP contribution in [0, 0.1) is 5.82 Å². The number of hydrogen-bond acceptors (Lipinski definition) is 6. The highest BCUT2D eigenvalue weighted by atomic mass is 32.2. The molecule has 2 aliphatic heterocycles. The molecule has 2 unspecified atom stereocenters. The van der Waals surface area contributed by atoms with E-state index in [-0.39, 0.29) is 23.5 Å². The van der Waals surface area contributed by atoms with Gasteiger partial charge in [-0.15, -0.1) is 0 Å². The molecule has 1 N–H and O–H groups in total. The average molecular weight is 482 g/mol. The topological polar surface area (TPSA) is 92.8 Å². The Bertz CT molecular complexity index is 1010. The third-order valence-corrected chi connectivity index (χ3v) is 6.92. The largest absolute Gasteiger partial charge is 0.497 e. The van der Waals surface area contributed by atoms with Crippen LogP contribution in [0.3, 0.4) is 0 Å². The van der Waals surface area contributed by atoms with Crippen LogP contribution in [-0.2, 0) is 26.0 Å². The van der Waals surface area contributed by atoms with Crippen molar-refractivity contribution in [3.63, 3.8) is 0 Å². The van der Waals surface area contributed by atoms with Gasteiger partial charge in [0.05, 0.1) is 17.5 Å². The number of urea groups is 1. The summed E-state index contributed by atoms with van der Waals surface area (Å²) in [5, 5.41) is 3.04. The highest BCUT2D eigenvalue weighted by molar-refractivity contribution is 7.90.